The van der Waals surface area contributed by atoms with Gasteiger partial charge < -0.3 is 15.3 Å². The highest BCUT2D eigenvalue weighted by Crippen LogP contribution is 2.30. The van der Waals surface area contributed by atoms with Crippen LogP contribution in [0.4, 0.5) is 0 Å². The molecule has 26 heavy (non-hydrogen) atoms. The van der Waals surface area contributed by atoms with E-state index >= 15 is 0 Å². The van der Waals surface area contributed by atoms with Gasteiger partial charge in [-0.2, -0.15) is 0 Å². The van der Waals surface area contributed by atoms with Gasteiger partial charge in [0.05, 0.1) is 11.8 Å². The first-order valence-corrected chi connectivity index (χ1v) is 9.37. The smallest absolute Gasteiger partial charge is 0.306 e. The summed E-state index contributed by atoms with van der Waals surface area (Å²) in [6.45, 7) is 1.33. The summed E-state index contributed by atoms with van der Waals surface area (Å²) < 4.78 is 0. The van der Waals surface area contributed by atoms with Crippen molar-refractivity contribution >= 4 is 17.8 Å². The van der Waals surface area contributed by atoms with Crippen LogP contribution in [0.2, 0.25) is 0 Å². The Hall–Kier alpha value is -2.37. The van der Waals surface area contributed by atoms with Gasteiger partial charge in [0.25, 0.3) is 0 Å². The van der Waals surface area contributed by atoms with Crippen molar-refractivity contribution in [3.63, 3.8) is 0 Å². The van der Waals surface area contributed by atoms with Crippen LogP contribution in [0.15, 0.2) is 30.3 Å². The van der Waals surface area contributed by atoms with Crippen LogP contribution in [-0.4, -0.2) is 40.9 Å². The molecule has 3 atom stereocenters. The van der Waals surface area contributed by atoms with E-state index in [0.29, 0.717) is 26.1 Å². The monoisotopic (exact) mass is 358 g/mol. The van der Waals surface area contributed by atoms with Gasteiger partial charge in [-0.05, 0) is 24.3 Å². The summed E-state index contributed by atoms with van der Waals surface area (Å²) in [5.41, 5.74) is 1.05. The van der Waals surface area contributed by atoms with Crippen LogP contribution in [0.3, 0.4) is 0 Å². The molecule has 140 valence electrons. The number of nitrogens with one attached hydrogen (secondary N) is 1. The summed E-state index contributed by atoms with van der Waals surface area (Å²) >= 11 is 0. The zero-order valence-electron chi connectivity index (χ0n) is 14.9. The number of carbonyl (C=O) groups is 3. The fraction of sp³-hybridized carbons (Fsp3) is 0.550. The van der Waals surface area contributed by atoms with Crippen LogP contribution in [0.1, 0.15) is 37.7 Å². The zero-order chi connectivity index (χ0) is 18.5. The molecule has 1 aromatic rings. The van der Waals surface area contributed by atoms with E-state index in [1.807, 2.05) is 30.3 Å². The maximum absolute atomic E-state index is 12.5. The highest BCUT2D eigenvalue weighted by Gasteiger charge is 2.35. The summed E-state index contributed by atoms with van der Waals surface area (Å²) in [5.74, 6) is -1.64. The minimum atomic E-state index is -0.769. The molecular formula is C20H26N2O4. The first-order chi connectivity index (χ1) is 12.5. The molecule has 1 aliphatic carbocycles. The van der Waals surface area contributed by atoms with E-state index in [4.69, 9.17) is 0 Å². The molecule has 1 heterocycles. The lowest BCUT2D eigenvalue weighted by molar-refractivity contribution is -0.145. The number of likely N-dealkylation sites (tertiary alicyclic amines) is 1. The first kappa shape index (κ1) is 18.4. The average Bonchev–Trinajstić information content (AvgIpc) is 3.01. The van der Waals surface area contributed by atoms with E-state index < -0.39 is 5.97 Å². The van der Waals surface area contributed by atoms with Crippen molar-refractivity contribution in [1.82, 2.24) is 10.2 Å². The van der Waals surface area contributed by atoms with Crippen LogP contribution >= 0.6 is 0 Å². The molecular weight excluding hydrogens is 332 g/mol. The number of carbonyl (C=O) groups excluding carboxylic acids is 2. The number of carboxylic acid groups (broad SMARTS) is 1. The normalized spacial score (nSPS) is 25.9. The Kier molecular flexibility index (Phi) is 5.91. The summed E-state index contributed by atoms with van der Waals surface area (Å²) in [5, 5.41) is 12.2. The van der Waals surface area contributed by atoms with Crippen molar-refractivity contribution in [3.8, 4) is 0 Å². The van der Waals surface area contributed by atoms with Crippen LogP contribution in [0.5, 0.6) is 0 Å². The quantitative estimate of drug-likeness (QED) is 0.815. The number of hydrogen-bond acceptors (Lipinski definition) is 3. The van der Waals surface area contributed by atoms with Crippen molar-refractivity contribution in [2.75, 3.05) is 13.1 Å². The number of amides is 2. The number of aliphatic carboxylic acids is 1. The standard InChI is InChI=1S/C20H26N2O4/c23-18-10-16(13-22(18)12-14-6-2-1-3-7-14)19(24)21-11-15-8-4-5-9-17(15)20(25)26/h1-3,6-7,15-17H,4-5,8-13H2,(H,21,24)(H,25,26)/t15-,16?,17-/m0/s1. The highest BCUT2D eigenvalue weighted by atomic mass is 16.4. The van der Waals surface area contributed by atoms with E-state index in [1.165, 1.54) is 0 Å². The second-order valence-electron chi connectivity index (χ2n) is 7.40. The maximum Gasteiger partial charge on any atom is 0.306 e. The lowest BCUT2D eigenvalue weighted by Crippen LogP contribution is -2.40. The van der Waals surface area contributed by atoms with Gasteiger partial charge in [0.2, 0.25) is 11.8 Å². The summed E-state index contributed by atoms with van der Waals surface area (Å²) in [6, 6.07) is 9.74. The van der Waals surface area contributed by atoms with Gasteiger partial charge in [0, 0.05) is 26.1 Å². The van der Waals surface area contributed by atoms with E-state index in [0.717, 1.165) is 24.8 Å². The van der Waals surface area contributed by atoms with E-state index in [1.54, 1.807) is 4.90 Å². The molecule has 2 amide bonds. The lowest BCUT2D eigenvalue weighted by atomic mass is 9.79. The first-order valence-electron chi connectivity index (χ1n) is 9.37. The molecule has 1 aromatic carbocycles. The third kappa shape index (κ3) is 4.42. The van der Waals surface area contributed by atoms with Gasteiger partial charge in [-0.25, -0.2) is 0 Å². The SMILES string of the molecule is O=C(NC[C@@H]1CCCC[C@@H]1C(=O)O)C1CC(=O)N(Cc2ccccc2)C1. The molecule has 0 aromatic heterocycles. The van der Waals surface area contributed by atoms with Crippen LogP contribution in [0, 0.1) is 17.8 Å². The topological polar surface area (TPSA) is 86.7 Å². The van der Waals surface area contributed by atoms with Crippen LogP contribution in [0.25, 0.3) is 0 Å². The molecule has 0 radical (unpaired) electrons. The predicted octanol–water partition coefficient (Wildman–Crippen LogP) is 2.04. The highest BCUT2D eigenvalue weighted by molar-refractivity contribution is 5.89. The molecule has 2 N–H and O–H groups in total. The van der Waals surface area contributed by atoms with E-state index in [9.17, 15) is 19.5 Å². The number of rotatable bonds is 6. The third-order valence-corrected chi connectivity index (χ3v) is 5.57. The molecule has 2 aliphatic rings. The van der Waals surface area contributed by atoms with Gasteiger partial charge in [0.1, 0.15) is 0 Å². The number of benzene rings is 1. The second kappa shape index (κ2) is 8.34. The third-order valence-electron chi connectivity index (χ3n) is 5.57. The number of nitrogens with zero attached hydrogens (tertiary/aromatic N) is 1. The fourth-order valence-corrected chi connectivity index (χ4v) is 4.06. The Bertz CT molecular complexity index is 661. The minimum Gasteiger partial charge on any atom is -0.481 e. The predicted molar refractivity (Wildman–Crippen MR) is 96.1 cm³/mol. The zero-order valence-corrected chi connectivity index (χ0v) is 14.9. The Morgan fingerprint density at radius 3 is 2.62 bits per heavy atom. The average molecular weight is 358 g/mol. The summed E-state index contributed by atoms with van der Waals surface area (Å²) in [7, 11) is 0. The molecule has 0 spiro atoms. The van der Waals surface area contributed by atoms with Crippen LogP contribution < -0.4 is 5.32 Å². The van der Waals surface area contributed by atoms with Crippen LogP contribution in [-0.2, 0) is 20.9 Å². The summed E-state index contributed by atoms with van der Waals surface area (Å²) in [6.07, 6.45) is 3.69. The van der Waals surface area contributed by atoms with E-state index in [-0.39, 0.29) is 36.0 Å². The molecule has 6 nitrogen and oxygen atoms in total. The molecule has 0 bridgehead atoms. The van der Waals surface area contributed by atoms with Gasteiger partial charge in [-0.1, -0.05) is 43.2 Å². The molecule has 1 unspecified atom stereocenters. The van der Waals surface area contributed by atoms with Gasteiger partial charge >= 0.3 is 5.97 Å². The molecule has 2 fully saturated rings. The van der Waals surface area contributed by atoms with Crippen molar-refractivity contribution in [1.29, 1.82) is 0 Å². The molecule has 1 saturated heterocycles. The molecule has 3 rings (SSSR count). The minimum absolute atomic E-state index is 0.00455. The van der Waals surface area contributed by atoms with Gasteiger partial charge in [-0.15, -0.1) is 0 Å². The lowest BCUT2D eigenvalue weighted by Gasteiger charge is -2.28. The Morgan fingerprint density at radius 1 is 1.15 bits per heavy atom. The van der Waals surface area contributed by atoms with Gasteiger partial charge in [0.15, 0.2) is 0 Å². The van der Waals surface area contributed by atoms with Crippen molar-refractivity contribution in [2.24, 2.45) is 17.8 Å². The van der Waals surface area contributed by atoms with Crippen molar-refractivity contribution < 1.29 is 19.5 Å². The molecule has 6 heteroatoms. The molecule has 1 saturated carbocycles. The number of carboxylic acids is 1. The Balaban J connectivity index is 1.50. The van der Waals surface area contributed by atoms with Crippen molar-refractivity contribution in [3.05, 3.63) is 35.9 Å². The largest absolute Gasteiger partial charge is 0.481 e. The van der Waals surface area contributed by atoms with Gasteiger partial charge in [-0.3, -0.25) is 14.4 Å². The Labute approximate surface area is 153 Å². The second-order valence-corrected chi connectivity index (χ2v) is 7.40. The summed E-state index contributed by atoms with van der Waals surface area (Å²) in [4.78, 5) is 37.8. The Morgan fingerprint density at radius 2 is 1.88 bits per heavy atom. The van der Waals surface area contributed by atoms with Crippen molar-refractivity contribution in [2.45, 2.75) is 38.6 Å². The maximum atomic E-state index is 12.5. The molecule has 1 aliphatic heterocycles. The van der Waals surface area contributed by atoms with E-state index in [2.05, 4.69) is 5.32 Å². The fourth-order valence-electron chi connectivity index (χ4n) is 4.06. The number of hydrogen-bond donors (Lipinski definition) is 2.